The lowest BCUT2D eigenvalue weighted by Crippen LogP contribution is -2.25. The summed E-state index contributed by atoms with van der Waals surface area (Å²) in [4.78, 5) is 11.9. The van der Waals surface area contributed by atoms with E-state index in [1.54, 1.807) is 0 Å². The maximum Gasteiger partial charge on any atom is 0.169 e. The van der Waals surface area contributed by atoms with Crippen LogP contribution in [0, 0.1) is 5.41 Å². The van der Waals surface area contributed by atoms with Gasteiger partial charge >= 0.3 is 0 Å². The van der Waals surface area contributed by atoms with Gasteiger partial charge in [-0.3, -0.25) is 4.79 Å². The molecule has 1 fully saturated rings. The van der Waals surface area contributed by atoms with Gasteiger partial charge < -0.3 is 4.74 Å². The van der Waals surface area contributed by atoms with Gasteiger partial charge in [0.25, 0.3) is 0 Å². The first-order chi connectivity index (χ1) is 7.00. The number of rotatable bonds is 2. The number of Topliss-reactive ketones (excluding diaryl/α,β-unsaturated/α-hetero) is 1. The Balaban J connectivity index is 2.06. The van der Waals surface area contributed by atoms with E-state index < -0.39 is 0 Å². The van der Waals surface area contributed by atoms with E-state index in [4.69, 9.17) is 4.74 Å². The van der Waals surface area contributed by atoms with Crippen molar-refractivity contribution in [3.8, 4) is 0 Å². The third-order valence-electron chi connectivity index (χ3n) is 2.62. The highest BCUT2D eigenvalue weighted by Crippen LogP contribution is 2.42. The van der Waals surface area contributed by atoms with Crippen LogP contribution in [-0.4, -0.2) is 11.9 Å². The Morgan fingerprint density at radius 1 is 1.20 bits per heavy atom. The van der Waals surface area contributed by atoms with Crippen LogP contribution in [-0.2, 0) is 9.53 Å². The fraction of sp³-hybridized carbons (Fsp3) is 0.462. The fourth-order valence-corrected chi connectivity index (χ4v) is 1.63. The number of epoxide rings is 1. The lowest BCUT2D eigenvalue weighted by Gasteiger charge is -2.14. The van der Waals surface area contributed by atoms with Crippen LogP contribution in [0.4, 0.5) is 0 Å². The first kappa shape index (κ1) is 10.4. The van der Waals surface area contributed by atoms with E-state index in [1.807, 2.05) is 51.1 Å². The molecule has 1 heterocycles. The van der Waals surface area contributed by atoms with Crippen LogP contribution in [0.1, 0.15) is 32.4 Å². The molecule has 0 aliphatic carbocycles. The molecule has 0 bridgehead atoms. The minimum absolute atomic E-state index is 0.0158. The summed E-state index contributed by atoms with van der Waals surface area (Å²) in [5, 5.41) is 0. The molecule has 1 aromatic carbocycles. The molecule has 0 amide bonds. The molecule has 1 aliphatic heterocycles. The van der Waals surface area contributed by atoms with Gasteiger partial charge in [-0.15, -0.1) is 0 Å². The predicted octanol–water partition coefficient (Wildman–Crippen LogP) is 2.74. The monoisotopic (exact) mass is 204 g/mol. The Hall–Kier alpha value is -1.15. The van der Waals surface area contributed by atoms with E-state index in [1.165, 1.54) is 0 Å². The second-order valence-corrected chi connectivity index (χ2v) is 5.00. The van der Waals surface area contributed by atoms with E-state index in [0.717, 1.165) is 5.56 Å². The fourth-order valence-electron chi connectivity index (χ4n) is 1.63. The summed E-state index contributed by atoms with van der Waals surface area (Å²) in [6.07, 6.45) is -0.245. The van der Waals surface area contributed by atoms with Crippen molar-refractivity contribution in [2.75, 3.05) is 0 Å². The van der Waals surface area contributed by atoms with Crippen molar-refractivity contribution < 1.29 is 9.53 Å². The highest BCUT2D eigenvalue weighted by molar-refractivity contribution is 5.90. The Labute approximate surface area is 90.3 Å². The van der Waals surface area contributed by atoms with E-state index in [2.05, 4.69) is 0 Å². The Morgan fingerprint density at radius 3 is 2.33 bits per heavy atom. The smallest absolute Gasteiger partial charge is 0.169 e. The molecule has 0 unspecified atom stereocenters. The van der Waals surface area contributed by atoms with Crippen LogP contribution in [0.25, 0.3) is 0 Å². The van der Waals surface area contributed by atoms with Crippen molar-refractivity contribution in [3.05, 3.63) is 35.9 Å². The maximum atomic E-state index is 11.9. The predicted molar refractivity (Wildman–Crippen MR) is 58.5 cm³/mol. The summed E-state index contributed by atoms with van der Waals surface area (Å²) in [6.45, 7) is 5.79. The average molecular weight is 204 g/mol. The van der Waals surface area contributed by atoms with E-state index in [0.29, 0.717) is 0 Å². The second kappa shape index (κ2) is 3.46. The van der Waals surface area contributed by atoms with Crippen LogP contribution in [0.2, 0.25) is 0 Å². The Morgan fingerprint density at radius 2 is 1.80 bits per heavy atom. The second-order valence-electron chi connectivity index (χ2n) is 5.00. The number of ether oxygens (including phenoxy) is 1. The third-order valence-corrected chi connectivity index (χ3v) is 2.62. The lowest BCUT2D eigenvalue weighted by atomic mass is 9.87. The molecule has 2 atom stereocenters. The van der Waals surface area contributed by atoms with Gasteiger partial charge in [0.2, 0.25) is 0 Å². The van der Waals surface area contributed by atoms with Crippen molar-refractivity contribution >= 4 is 5.78 Å². The normalized spacial score (nSPS) is 25.0. The largest absolute Gasteiger partial charge is 0.356 e. The van der Waals surface area contributed by atoms with Gasteiger partial charge in [-0.25, -0.2) is 0 Å². The van der Waals surface area contributed by atoms with Crippen LogP contribution in [0.5, 0.6) is 0 Å². The SMILES string of the molecule is CC(C)(C)C(=O)[C@@H]1O[C@H]1c1ccccc1. The van der Waals surface area contributed by atoms with Gasteiger partial charge in [0, 0.05) is 5.41 Å². The van der Waals surface area contributed by atoms with Gasteiger partial charge in [0.1, 0.15) is 12.2 Å². The first-order valence-corrected chi connectivity index (χ1v) is 5.25. The molecule has 2 rings (SSSR count). The van der Waals surface area contributed by atoms with Crippen molar-refractivity contribution in [1.29, 1.82) is 0 Å². The summed E-state index contributed by atoms with van der Waals surface area (Å²) < 4.78 is 5.44. The first-order valence-electron chi connectivity index (χ1n) is 5.25. The van der Waals surface area contributed by atoms with Gasteiger partial charge in [0.05, 0.1) is 0 Å². The zero-order valence-corrected chi connectivity index (χ0v) is 9.36. The molecule has 2 heteroatoms. The number of hydrogen-bond donors (Lipinski definition) is 0. The average Bonchev–Trinajstić information content (AvgIpc) is 2.96. The van der Waals surface area contributed by atoms with Crippen LogP contribution in [0.3, 0.4) is 0 Å². The van der Waals surface area contributed by atoms with E-state index in [9.17, 15) is 4.79 Å². The standard InChI is InChI=1S/C13H16O2/c1-13(2,3)12(14)11-10(15-11)9-7-5-4-6-8-9/h4-8,10-11H,1-3H3/t10-,11+/m0/s1. The summed E-state index contributed by atoms with van der Waals surface area (Å²) >= 11 is 0. The van der Waals surface area contributed by atoms with Crippen molar-refractivity contribution in [2.45, 2.75) is 33.0 Å². The number of carbonyl (C=O) groups is 1. The van der Waals surface area contributed by atoms with Gasteiger partial charge in [-0.05, 0) is 5.56 Å². The zero-order chi connectivity index (χ0) is 11.1. The molecule has 1 aliphatic rings. The topological polar surface area (TPSA) is 29.6 Å². The molecule has 0 N–H and O–H groups in total. The number of benzene rings is 1. The lowest BCUT2D eigenvalue weighted by molar-refractivity contribution is -0.127. The highest BCUT2D eigenvalue weighted by Gasteiger charge is 2.49. The van der Waals surface area contributed by atoms with E-state index >= 15 is 0 Å². The number of carbonyl (C=O) groups excluding carboxylic acids is 1. The number of hydrogen-bond acceptors (Lipinski definition) is 2. The van der Waals surface area contributed by atoms with Gasteiger partial charge in [-0.1, -0.05) is 51.1 Å². The Bertz CT molecular complexity index is 362. The Kier molecular flexibility index (Phi) is 2.39. The summed E-state index contributed by atoms with van der Waals surface area (Å²) in [7, 11) is 0. The summed E-state index contributed by atoms with van der Waals surface area (Å²) in [6, 6.07) is 9.90. The molecule has 1 aromatic rings. The van der Waals surface area contributed by atoms with E-state index in [-0.39, 0.29) is 23.4 Å². The molecule has 0 saturated carbocycles. The van der Waals surface area contributed by atoms with Crippen LogP contribution in [0.15, 0.2) is 30.3 Å². The molecule has 0 radical (unpaired) electrons. The molecule has 0 spiro atoms. The minimum Gasteiger partial charge on any atom is -0.356 e. The van der Waals surface area contributed by atoms with Crippen molar-refractivity contribution in [3.63, 3.8) is 0 Å². The molecule has 1 saturated heterocycles. The molecule has 80 valence electrons. The van der Waals surface area contributed by atoms with Crippen molar-refractivity contribution in [1.82, 2.24) is 0 Å². The maximum absolute atomic E-state index is 11.9. The zero-order valence-electron chi connectivity index (χ0n) is 9.36. The van der Waals surface area contributed by atoms with Crippen LogP contribution >= 0.6 is 0 Å². The van der Waals surface area contributed by atoms with Gasteiger partial charge in [-0.2, -0.15) is 0 Å². The summed E-state index contributed by atoms with van der Waals surface area (Å²) in [5.74, 6) is 0.191. The van der Waals surface area contributed by atoms with Gasteiger partial charge in [0.15, 0.2) is 5.78 Å². The molecule has 0 aromatic heterocycles. The third kappa shape index (κ3) is 2.10. The quantitative estimate of drug-likeness (QED) is 0.693. The van der Waals surface area contributed by atoms with Crippen molar-refractivity contribution in [2.24, 2.45) is 5.41 Å². The van der Waals surface area contributed by atoms with Crippen LogP contribution < -0.4 is 0 Å². The molecular weight excluding hydrogens is 188 g/mol. The summed E-state index contributed by atoms with van der Waals surface area (Å²) in [5.41, 5.74) is 0.786. The molecule has 2 nitrogen and oxygen atoms in total. The molecule has 15 heavy (non-hydrogen) atoms. The minimum atomic E-state index is -0.311. The molecular formula is C13H16O2. The number of ketones is 1. The highest BCUT2D eigenvalue weighted by atomic mass is 16.6.